The molecule has 0 aliphatic carbocycles. The summed E-state index contributed by atoms with van der Waals surface area (Å²) in [6.45, 7) is 19.7. The third-order valence-corrected chi connectivity index (χ3v) is 19.2. The molecule has 2 aromatic heterocycles. The molecule has 5 aromatic carbocycles. The molecule has 68 heavy (non-hydrogen) atoms. The molecule has 8 nitrogen and oxygen atoms in total. The van der Waals surface area contributed by atoms with Crippen molar-refractivity contribution < 1.29 is 18.7 Å². The molecule has 1 fully saturated rings. The highest BCUT2D eigenvalue weighted by atomic mass is 79.9. The van der Waals surface area contributed by atoms with E-state index in [9.17, 15) is 4.79 Å². The van der Waals surface area contributed by atoms with Crippen LogP contribution in [0.2, 0.25) is 5.04 Å². The van der Waals surface area contributed by atoms with E-state index in [-0.39, 0.29) is 22.7 Å². The zero-order valence-corrected chi connectivity index (χ0v) is 43.6. The van der Waals surface area contributed by atoms with Crippen molar-refractivity contribution in [2.24, 2.45) is 5.41 Å². The van der Waals surface area contributed by atoms with Crippen molar-refractivity contribution in [1.82, 2.24) is 14.5 Å². The summed E-state index contributed by atoms with van der Waals surface area (Å²) < 4.78 is 23.5. The lowest BCUT2D eigenvalue weighted by Crippen LogP contribution is -2.67. The van der Waals surface area contributed by atoms with Gasteiger partial charge in [-0.1, -0.05) is 172 Å². The predicted octanol–water partition coefficient (Wildman–Crippen LogP) is 12.6. The van der Waals surface area contributed by atoms with E-state index in [2.05, 4.69) is 171 Å². The average molecular weight is 992 g/mol. The van der Waals surface area contributed by atoms with Crippen LogP contribution in [0.25, 0.3) is 22.2 Å². The summed E-state index contributed by atoms with van der Waals surface area (Å²) in [5.41, 5.74) is 8.39. The van der Waals surface area contributed by atoms with Crippen molar-refractivity contribution in [1.29, 1.82) is 0 Å². The minimum absolute atomic E-state index is 0.143. The highest BCUT2D eigenvalue weighted by Gasteiger charge is 2.51. The maximum atomic E-state index is 13.9. The first kappa shape index (κ1) is 48.9. The number of hydrogen-bond acceptors (Lipinski definition) is 6. The van der Waals surface area contributed by atoms with Gasteiger partial charge in [0.05, 0.1) is 29.4 Å². The molecule has 0 spiro atoms. The second kappa shape index (κ2) is 21.0. The number of halogens is 1. The van der Waals surface area contributed by atoms with Crippen LogP contribution in [-0.2, 0) is 33.3 Å². The lowest BCUT2D eigenvalue weighted by molar-refractivity contribution is 0.0606. The summed E-state index contributed by atoms with van der Waals surface area (Å²) in [7, 11) is -1.05. The number of hydrogen-bond donors (Lipinski definition) is 0. The van der Waals surface area contributed by atoms with Crippen LogP contribution in [0.15, 0.2) is 156 Å². The first-order valence-electron chi connectivity index (χ1n) is 24.1. The fourth-order valence-corrected chi connectivity index (χ4v) is 15.3. The van der Waals surface area contributed by atoms with Gasteiger partial charge in [-0.2, -0.15) is 0 Å². The second-order valence-corrected chi connectivity index (χ2v) is 25.2. The summed E-state index contributed by atoms with van der Waals surface area (Å²) in [6, 6.07) is 51.1. The van der Waals surface area contributed by atoms with Gasteiger partial charge in [0, 0.05) is 73.8 Å². The lowest BCUT2D eigenvalue weighted by atomic mass is 9.84. The van der Waals surface area contributed by atoms with E-state index >= 15 is 0 Å². The maximum Gasteiger partial charge on any atom is 0.410 e. The fraction of sp³-hybridized carbons (Fsp3) is 0.345. The van der Waals surface area contributed by atoms with E-state index in [1.807, 2.05) is 59.6 Å². The monoisotopic (exact) mass is 990 g/mol. The summed E-state index contributed by atoms with van der Waals surface area (Å²) in [5.74, 6) is 0. The highest BCUT2D eigenvalue weighted by Crippen LogP contribution is 2.44. The number of carbonyl (C=O) groups is 1. The van der Waals surface area contributed by atoms with Gasteiger partial charge in [0.1, 0.15) is 6.10 Å². The van der Waals surface area contributed by atoms with Crippen LogP contribution in [0.1, 0.15) is 83.1 Å². The first-order valence-corrected chi connectivity index (χ1v) is 26.8. The molecule has 2 atom stereocenters. The van der Waals surface area contributed by atoms with Gasteiger partial charge in [-0.3, -0.25) is 4.98 Å². The first-order chi connectivity index (χ1) is 32.7. The number of pyridine rings is 1. The van der Waals surface area contributed by atoms with E-state index in [0.717, 1.165) is 51.2 Å². The fourth-order valence-electron chi connectivity index (χ4n) is 10.1. The Morgan fingerprint density at radius 2 is 1.37 bits per heavy atom. The van der Waals surface area contributed by atoms with Crippen LogP contribution >= 0.6 is 15.9 Å². The number of fused-ring (bicyclic) bond motifs is 1. The smallest absolute Gasteiger partial charge is 0.410 e. The number of rotatable bonds is 16. The molecule has 1 unspecified atom stereocenters. The van der Waals surface area contributed by atoms with Crippen molar-refractivity contribution in [3.63, 3.8) is 0 Å². The summed E-state index contributed by atoms with van der Waals surface area (Å²) >= 11 is 3.85. The molecule has 0 N–H and O–H groups in total. The topological polar surface area (TPSA) is 69.1 Å². The van der Waals surface area contributed by atoms with Crippen LogP contribution in [0, 0.1) is 5.41 Å². The van der Waals surface area contributed by atoms with Crippen LogP contribution in [-0.4, -0.2) is 68.8 Å². The van der Waals surface area contributed by atoms with Crippen molar-refractivity contribution in [3.8, 4) is 11.3 Å². The zero-order valence-electron chi connectivity index (χ0n) is 41.0. The molecule has 1 amide bonds. The third kappa shape index (κ3) is 10.4. The molecule has 8 rings (SSSR count). The molecule has 7 aromatic rings. The Labute approximate surface area is 413 Å². The average Bonchev–Trinajstić information content (AvgIpc) is 3.65. The van der Waals surface area contributed by atoms with Gasteiger partial charge in [0.25, 0.3) is 8.32 Å². The van der Waals surface area contributed by atoms with E-state index in [1.165, 1.54) is 26.8 Å². The SMILES string of the molecule is CCn1c(-c2cc(N3CCN(C(=O)OC(Cc4ccccc4)c4ccccc4)CC3)cnc2[C@H](C)OC)c(CC(C)(C)CO[Si](c2ccccc2)(c2ccccc2)C(C)(C)C)c2cc(Br)ccc21. The second-order valence-electron chi connectivity index (χ2n) is 20.0. The van der Waals surface area contributed by atoms with Crippen molar-refractivity contribution >= 4 is 57.3 Å². The Hall–Kier alpha value is -5.52. The third-order valence-electron chi connectivity index (χ3n) is 13.7. The van der Waals surface area contributed by atoms with Crippen molar-refractivity contribution in [2.45, 2.75) is 85.1 Å². The quantitative estimate of drug-likeness (QED) is 0.0899. The molecule has 1 aliphatic rings. The van der Waals surface area contributed by atoms with Crippen molar-refractivity contribution in [2.75, 3.05) is 44.8 Å². The number of anilines is 1. The number of aromatic nitrogens is 2. The number of amides is 1. The Morgan fingerprint density at radius 1 is 0.779 bits per heavy atom. The molecular weight excluding hydrogens is 925 g/mol. The van der Waals surface area contributed by atoms with E-state index in [0.29, 0.717) is 39.2 Å². The molecular formula is C58H67BrN4O4Si. The minimum atomic E-state index is -2.80. The molecule has 1 saturated heterocycles. The molecule has 10 heteroatoms. The minimum Gasteiger partial charge on any atom is -0.441 e. The Bertz CT molecular complexity index is 2730. The molecule has 354 valence electrons. The van der Waals surface area contributed by atoms with E-state index in [4.69, 9.17) is 18.9 Å². The maximum absolute atomic E-state index is 13.9. The summed E-state index contributed by atoms with van der Waals surface area (Å²) in [4.78, 5) is 23.3. The van der Waals surface area contributed by atoms with Crippen LogP contribution in [0.3, 0.4) is 0 Å². The van der Waals surface area contributed by atoms with Gasteiger partial charge < -0.3 is 28.3 Å². The van der Waals surface area contributed by atoms with E-state index in [1.54, 1.807) is 7.11 Å². The standard InChI is InChI=1S/C58H67BrN4O4Si/c1-9-63-52-31-30-45(59)37-49(52)51(39-58(6,7)41-66-68(57(3,4)5,47-26-18-12-19-27-47)48-28-20-13-21-29-48)55(63)50-38-46(40-60-54(50)42(2)65-8)61-32-34-62(35-33-61)56(64)67-53(44-24-16-11-17-25-44)36-43-22-14-10-15-23-43/h10-31,37-38,40,42,53H,9,32-36,39,41H2,1-8H3/t42-,53?/m0/s1. The van der Waals surface area contributed by atoms with Gasteiger partial charge in [-0.15, -0.1) is 0 Å². The van der Waals surface area contributed by atoms with Gasteiger partial charge in [0.2, 0.25) is 0 Å². The zero-order chi connectivity index (χ0) is 48.1. The molecule has 0 radical (unpaired) electrons. The molecule has 0 saturated carbocycles. The Kier molecular flexibility index (Phi) is 15.1. The van der Waals surface area contributed by atoms with E-state index < -0.39 is 14.4 Å². The van der Waals surface area contributed by atoms with Crippen LogP contribution in [0.4, 0.5) is 10.5 Å². The summed E-state index contributed by atoms with van der Waals surface area (Å²) in [6.07, 6.45) is 2.41. The molecule has 1 aliphatic heterocycles. The number of nitrogens with zero attached hydrogens (tertiary/aromatic N) is 4. The Balaban J connectivity index is 1.11. The van der Waals surface area contributed by atoms with Gasteiger partial charge in [-0.05, 0) is 82.1 Å². The number of carbonyl (C=O) groups excluding carboxylic acids is 1. The number of methoxy groups -OCH3 is 1. The van der Waals surface area contributed by atoms with Crippen LogP contribution in [0.5, 0.6) is 0 Å². The number of benzene rings is 5. The van der Waals surface area contributed by atoms with Gasteiger partial charge >= 0.3 is 6.09 Å². The number of piperazine rings is 1. The number of aryl methyl sites for hydroxylation is 1. The largest absolute Gasteiger partial charge is 0.441 e. The summed E-state index contributed by atoms with van der Waals surface area (Å²) in [5, 5.41) is 3.63. The molecule has 3 heterocycles. The Morgan fingerprint density at radius 3 is 1.94 bits per heavy atom. The molecule has 0 bridgehead atoms. The van der Waals surface area contributed by atoms with Crippen molar-refractivity contribution in [3.05, 3.63) is 179 Å². The lowest BCUT2D eigenvalue weighted by Gasteiger charge is -2.44. The van der Waals surface area contributed by atoms with Crippen LogP contribution < -0.4 is 15.3 Å². The van der Waals surface area contributed by atoms with Gasteiger partial charge in [0.15, 0.2) is 0 Å². The normalized spacial score (nSPS) is 14.5. The van der Waals surface area contributed by atoms with Gasteiger partial charge in [-0.25, -0.2) is 4.79 Å². The number of ether oxygens (including phenoxy) is 2. The predicted molar refractivity (Wildman–Crippen MR) is 285 cm³/mol. The highest BCUT2D eigenvalue weighted by molar-refractivity contribution is 9.10.